The van der Waals surface area contributed by atoms with Gasteiger partial charge in [0.05, 0.1) is 12.7 Å². The number of fused-ring (bicyclic) bond motifs is 2. The van der Waals surface area contributed by atoms with E-state index in [9.17, 15) is 0 Å². The van der Waals surface area contributed by atoms with Gasteiger partial charge in [-0.3, -0.25) is 4.90 Å². The molecule has 3 atom stereocenters. The topological polar surface area (TPSA) is 12.5 Å². The molecule has 0 spiro atoms. The molecule has 1 aromatic rings. The van der Waals surface area contributed by atoms with Gasteiger partial charge in [0.15, 0.2) is 0 Å². The van der Waals surface area contributed by atoms with Gasteiger partial charge >= 0.3 is 0 Å². The van der Waals surface area contributed by atoms with Gasteiger partial charge in [0, 0.05) is 29.3 Å². The molecule has 3 heteroatoms. The third-order valence-corrected chi connectivity index (χ3v) is 6.05. The fourth-order valence-corrected chi connectivity index (χ4v) is 5.20. The van der Waals surface area contributed by atoms with Crippen LogP contribution in [0.25, 0.3) is 0 Å². The zero-order valence-corrected chi connectivity index (χ0v) is 12.1. The molecule has 0 N–H and O–H groups in total. The molecule has 0 amide bonds. The van der Waals surface area contributed by atoms with Gasteiger partial charge in [-0.1, -0.05) is 18.2 Å². The van der Waals surface area contributed by atoms with Crippen molar-refractivity contribution in [2.75, 3.05) is 19.7 Å². The van der Waals surface area contributed by atoms with Crippen molar-refractivity contribution in [2.24, 2.45) is 0 Å². The van der Waals surface area contributed by atoms with Crippen LogP contribution in [0.2, 0.25) is 0 Å². The second-order valence-corrected chi connectivity index (χ2v) is 7.30. The second kappa shape index (κ2) is 5.12. The van der Waals surface area contributed by atoms with Crippen molar-refractivity contribution in [3.63, 3.8) is 0 Å². The Labute approximate surface area is 119 Å². The first kappa shape index (κ1) is 12.2. The summed E-state index contributed by atoms with van der Waals surface area (Å²) in [5, 5.41) is 0.747. The van der Waals surface area contributed by atoms with Crippen molar-refractivity contribution in [3.8, 4) is 0 Å². The minimum absolute atomic E-state index is 0.530. The van der Waals surface area contributed by atoms with Gasteiger partial charge in [0.1, 0.15) is 0 Å². The highest BCUT2D eigenvalue weighted by molar-refractivity contribution is 8.00. The lowest BCUT2D eigenvalue weighted by Crippen LogP contribution is -2.50. The first-order chi connectivity index (χ1) is 9.40. The van der Waals surface area contributed by atoms with Crippen molar-refractivity contribution in [1.29, 1.82) is 0 Å². The summed E-state index contributed by atoms with van der Waals surface area (Å²) in [6, 6.07) is 9.61. The van der Waals surface area contributed by atoms with Crippen LogP contribution in [0.15, 0.2) is 29.2 Å². The molecule has 2 nitrogen and oxygen atoms in total. The lowest BCUT2D eigenvalue weighted by atomic mass is 10.1. The van der Waals surface area contributed by atoms with Crippen LogP contribution in [0.4, 0.5) is 0 Å². The summed E-state index contributed by atoms with van der Waals surface area (Å²) in [4.78, 5) is 4.22. The minimum Gasteiger partial charge on any atom is -0.375 e. The Morgan fingerprint density at radius 2 is 2.21 bits per heavy atom. The Hall–Kier alpha value is -0.510. The van der Waals surface area contributed by atoms with Crippen LogP contribution >= 0.6 is 11.8 Å². The molecule has 19 heavy (non-hydrogen) atoms. The van der Waals surface area contributed by atoms with Gasteiger partial charge in [-0.15, -0.1) is 11.8 Å². The minimum atomic E-state index is 0.530. The van der Waals surface area contributed by atoms with E-state index in [1.807, 2.05) is 0 Å². The van der Waals surface area contributed by atoms with E-state index in [-0.39, 0.29) is 0 Å². The van der Waals surface area contributed by atoms with E-state index in [4.69, 9.17) is 4.74 Å². The lowest BCUT2D eigenvalue weighted by Gasteiger charge is -2.38. The average Bonchev–Trinajstić information content (AvgIpc) is 3.04. The van der Waals surface area contributed by atoms with Gasteiger partial charge in [-0.05, 0) is 37.3 Å². The van der Waals surface area contributed by atoms with Gasteiger partial charge < -0.3 is 4.74 Å². The van der Waals surface area contributed by atoms with E-state index in [0.29, 0.717) is 12.1 Å². The lowest BCUT2D eigenvalue weighted by molar-refractivity contribution is -0.0550. The maximum Gasteiger partial charge on any atom is 0.0730 e. The number of benzene rings is 1. The number of thioether (sulfide) groups is 1. The maximum absolute atomic E-state index is 5.91. The van der Waals surface area contributed by atoms with Crippen LogP contribution in [-0.2, 0) is 11.2 Å². The summed E-state index contributed by atoms with van der Waals surface area (Å²) in [5.74, 6) is 0. The summed E-state index contributed by atoms with van der Waals surface area (Å²) < 4.78 is 5.91. The number of ether oxygens (including phenoxy) is 1. The molecule has 2 heterocycles. The molecule has 0 aromatic heterocycles. The van der Waals surface area contributed by atoms with Crippen LogP contribution in [-0.4, -0.2) is 42.0 Å². The first-order valence-corrected chi connectivity index (χ1v) is 8.38. The first-order valence-electron chi connectivity index (χ1n) is 7.50. The summed E-state index contributed by atoms with van der Waals surface area (Å²) in [7, 11) is 0. The molecule has 102 valence electrons. The highest BCUT2D eigenvalue weighted by atomic mass is 32.2. The fourth-order valence-electron chi connectivity index (χ4n) is 3.85. The highest BCUT2D eigenvalue weighted by Crippen LogP contribution is 2.38. The summed E-state index contributed by atoms with van der Waals surface area (Å²) in [5.41, 5.74) is 1.55. The summed E-state index contributed by atoms with van der Waals surface area (Å²) in [6.45, 7) is 3.31. The van der Waals surface area contributed by atoms with Crippen molar-refractivity contribution in [1.82, 2.24) is 4.90 Å². The molecule has 2 aliphatic heterocycles. The Morgan fingerprint density at radius 1 is 1.26 bits per heavy atom. The number of nitrogens with zero attached hydrogens (tertiary/aromatic N) is 1. The number of hydrogen-bond donors (Lipinski definition) is 0. The number of hydrogen-bond acceptors (Lipinski definition) is 3. The normalized spacial score (nSPS) is 34.2. The summed E-state index contributed by atoms with van der Waals surface area (Å²) >= 11 is 2.08. The van der Waals surface area contributed by atoms with Crippen LogP contribution in [0.5, 0.6) is 0 Å². The van der Waals surface area contributed by atoms with E-state index in [0.717, 1.165) is 18.4 Å². The molecule has 1 saturated heterocycles. The second-order valence-electron chi connectivity index (χ2n) is 5.95. The highest BCUT2D eigenvalue weighted by Gasteiger charge is 2.37. The van der Waals surface area contributed by atoms with Gasteiger partial charge in [-0.2, -0.15) is 0 Å². The fraction of sp³-hybridized carbons (Fsp3) is 0.625. The monoisotopic (exact) mass is 275 g/mol. The van der Waals surface area contributed by atoms with Crippen LogP contribution in [0, 0.1) is 0 Å². The number of morpholine rings is 1. The Morgan fingerprint density at radius 3 is 3.16 bits per heavy atom. The molecule has 1 aliphatic carbocycles. The molecule has 1 aromatic carbocycles. The Balaban J connectivity index is 1.43. The quantitative estimate of drug-likeness (QED) is 0.823. The van der Waals surface area contributed by atoms with E-state index in [1.54, 1.807) is 5.56 Å². The van der Waals surface area contributed by atoms with Crippen LogP contribution < -0.4 is 0 Å². The predicted octanol–water partition coefficient (Wildman–Crippen LogP) is 2.96. The van der Waals surface area contributed by atoms with Crippen LogP contribution in [0.3, 0.4) is 0 Å². The third-order valence-electron chi connectivity index (χ3n) is 4.75. The molecule has 3 unspecified atom stereocenters. The SMILES string of the molecule is c1ccc2c(c1)CC(CN1CCOC3CCCC31)S2. The largest absolute Gasteiger partial charge is 0.375 e. The van der Waals surface area contributed by atoms with E-state index >= 15 is 0 Å². The Kier molecular flexibility index (Phi) is 3.30. The molecule has 0 bridgehead atoms. The number of rotatable bonds is 2. The zero-order chi connectivity index (χ0) is 12.7. The van der Waals surface area contributed by atoms with Crippen molar-refractivity contribution in [2.45, 2.75) is 48.0 Å². The van der Waals surface area contributed by atoms with Crippen LogP contribution in [0.1, 0.15) is 24.8 Å². The molecule has 0 radical (unpaired) electrons. The molecular weight excluding hydrogens is 254 g/mol. The summed E-state index contributed by atoms with van der Waals surface area (Å²) in [6.07, 6.45) is 5.75. The zero-order valence-electron chi connectivity index (χ0n) is 11.3. The molecular formula is C16H21NOS. The predicted molar refractivity (Wildman–Crippen MR) is 78.7 cm³/mol. The standard InChI is InChI=1S/C16H21NOS/c1-2-7-16-12(4-1)10-13(19-16)11-17-8-9-18-15-6-3-5-14(15)17/h1-2,4,7,13-15H,3,5-6,8-11H2. The van der Waals surface area contributed by atoms with Gasteiger partial charge in [0.25, 0.3) is 0 Å². The Bertz CT molecular complexity index is 439. The average molecular weight is 275 g/mol. The maximum atomic E-state index is 5.91. The van der Waals surface area contributed by atoms with E-state index in [2.05, 4.69) is 40.9 Å². The van der Waals surface area contributed by atoms with E-state index < -0.39 is 0 Å². The van der Waals surface area contributed by atoms with Gasteiger partial charge in [-0.25, -0.2) is 0 Å². The van der Waals surface area contributed by atoms with E-state index in [1.165, 1.54) is 37.1 Å². The molecule has 2 fully saturated rings. The van der Waals surface area contributed by atoms with Gasteiger partial charge in [0.2, 0.25) is 0 Å². The third kappa shape index (κ3) is 2.32. The molecule has 3 aliphatic rings. The van der Waals surface area contributed by atoms with Crippen molar-refractivity contribution in [3.05, 3.63) is 29.8 Å². The molecule has 4 rings (SSSR count). The smallest absolute Gasteiger partial charge is 0.0730 e. The van der Waals surface area contributed by atoms with Crippen molar-refractivity contribution >= 4 is 11.8 Å². The van der Waals surface area contributed by atoms with Crippen molar-refractivity contribution < 1.29 is 4.74 Å². The molecule has 1 saturated carbocycles.